The van der Waals surface area contributed by atoms with E-state index in [1.165, 1.54) is 13.8 Å². The largest absolute Gasteiger partial charge is 0.389 e. The summed E-state index contributed by atoms with van der Waals surface area (Å²) in [6, 6.07) is 7.62. The van der Waals surface area contributed by atoms with Crippen molar-refractivity contribution in [1.29, 1.82) is 0 Å². The third-order valence-corrected chi connectivity index (χ3v) is 5.19. The molecule has 0 saturated carbocycles. The van der Waals surface area contributed by atoms with Crippen LogP contribution in [0.1, 0.15) is 26.3 Å². The van der Waals surface area contributed by atoms with Crippen molar-refractivity contribution in [3.8, 4) is 11.4 Å². The van der Waals surface area contributed by atoms with E-state index >= 15 is 0 Å². The van der Waals surface area contributed by atoms with Gasteiger partial charge in [-0.3, -0.25) is 4.57 Å². The molecule has 0 aliphatic rings. The third-order valence-electron chi connectivity index (χ3n) is 3.24. The molecule has 0 bridgehead atoms. The topological polar surface area (TPSA) is 85.1 Å². The van der Waals surface area contributed by atoms with Gasteiger partial charge < -0.3 is 5.11 Å². The van der Waals surface area contributed by atoms with Crippen molar-refractivity contribution in [3.63, 3.8) is 0 Å². The summed E-state index contributed by atoms with van der Waals surface area (Å²) in [6.45, 7) is 7.12. The van der Waals surface area contributed by atoms with Gasteiger partial charge in [-0.05, 0) is 33.3 Å². The first-order valence-corrected chi connectivity index (χ1v) is 8.75. The molecule has 0 aliphatic carbocycles. The van der Waals surface area contributed by atoms with E-state index in [2.05, 4.69) is 10.2 Å². The molecule has 0 amide bonds. The van der Waals surface area contributed by atoms with Crippen molar-refractivity contribution in [1.82, 2.24) is 14.8 Å². The predicted molar refractivity (Wildman–Crippen MR) is 84.2 cm³/mol. The maximum absolute atomic E-state index is 12.5. The average Bonchev–Trinajstić information content (AvgIpc) is 2.80. The zero-order valence-electron chi connectivity index (χ0n) is 13.2. The number of aliphatic hydroxyl groups is 1. The van der Waals surface area contributed by atoms with E-state index in [1.54, 1.807) is 4.57 Å². The van der Waals surface area contributed by atoms with Gasteiger partial charge in [-0.2, -0.15) is 0 Å². The van der Waals surface area contributed by atoms with E-state index in [0.29, 0.717) is 12.4 Å². The van der Waals surface area contributed by atoms with Gasteiger partial charge in [0.05, 0.1) is 11.4 Å². The van der Waals surface area contributed by atoms with Crippen LogP contribution in [0.25, 0.3) is 11.4 Å². The molecule has 2 rings (SSSR count). The number of rotatable bonds is 5. The van der Waals surface area contributed by atoms with Gasteiger partial charge in [-0.15, -0.1) is 10.2 Å². The van der Waals surface area contributed by atoms with Crippen molar-refractivity contribution in [2.75, 3.05) is 5.75 Å². The Kier molecular flexibility index (Phi) is 4.39. The first-order valence-electron chi connectivity index (χ1n) is 7.10. The number of aromatic nitrogens is 3. The van der Waals surface area contributed by atoms with E-state index < -0.39 is 21.2 Å². The summed E-state index contributed by atoms with van der Waals surface area (Å²) in [5.74, 6) is 0.126. The number of nitrogens with zero attached hydrogens (tertiary/aromatic N) is 3. The number of hydrogen-bond acceptors (Lipinski definition) is 5. The lowest BCUT2D eigenvalue weighted by Crippen LogP contribution is -2.31. The quantitative estimate of drug-likeness (QED) is 0.907. The van der Waals surface area contributed by atoms with Crippen LogP contribution in [0.3, 0.4) is 0 Å². The Balaban J connectivity index is 2.56. The second-order valence-corrected chi connectivity index (χ2v) is 7.82. The standard InChI is InChI=1S/C15H21N3O3S/c1-5-18-13(12-9-7-6-8-11(12)2)16-17-14(18)22(20,21)10-15(3,4)19/h6-9,19H,5,10H2,1-4H3. The Labute approximate surface area is 130 Å². The van der Waals surface area contributed by atoms with E-state index in [9.17, 15) is 13.5 Å². The van der Waals surface area contributed by atoms with E-state index in [-0.39, 0.29) is 5.16 Å². The van der Waals surface area contributed by atoms with Crippen LogP contribution in [0.5, 0.6) is 0 Å². The molecule has 2 aromatic rings. The molecular weight excluding hydrogens is 302 g/mol. The first-order chi connectivity index (χ1) is 10.2. The first kappa shape index (κ1) is 16.6. The monoisotopic (exact) mass is 323 g/mol. The van der Waals surface area contributed by atoms with Crippen molar-refractivity contribution in [2.24, 2.45) is 0 Å². The molecule has 1 aromatic carbocycles. The molecule has 7 heteroatoms. The van der Waals surface area contributed by atoms with Crippen molar-refractivity contribution >= 4 is 9.84 Å². The minimum absolute atomic E-state index is 0.102. The summed E-state index contributed by atoms with van der Waals surface area (Å²) < 4.78 is 26.5. The summed E-state index contributed by atoms with van der Waals surface area (Å²) in [5.41, 5.74) is 0.518. The fourth-order valence-electron chi connectivity index (χ4n) is 2.36. The van der Waals surface area contributed by atoms with Gasteiger partial charge in [0.2, 0.25) is 15.0 Å². The van der Waals surface area contributed by atoms with Gasteiger partial charge in [0.1, 0.15) is 0 Å². The zero-order valence-corrected chi connectivity index (χ0v) is 14.1. The Hall–Kier alpha value is -1.73. The molecule has 1 aromatic heterocycles. The third kappa shape index (κ3) is 3.36. The summed E-state index contributed by atoms with van der Waals surface area (Å²) in [7, 11) is -3.72. The van der Waals surface area contributed by atoms with Crippen LogP contribution in [-0.4, -0.2) is 39.6 Å². The zero-order chi connectivity index (χ0) is 16.5. The molecule has 22 heavy (non-hydrogen) atoms. The van der Waals surface area contributed by atoms with Crippen molar-refractivity contribution in [2.45, 2.75) is 45.0 Å². The van der Waals surface area contributed by atoms with E-state index in [0.717, 1.165) is 11.1 Å². The molecule has 0 saturated heterocycles. The minimum Gasteiger partial charge on any atom is -0.389 e. The summed E-state index contributed by atoms with van der Waals surface area (Å²) >= 11 is 0. The highest BCUT2D eigenvalue weighted by molar-refractivity contribution is 7.91. The van der Waals surface area contributed by atoms with Gasteiger partial charge >= 0.3 is 0 Å². The summed E-state index contributed by atoms with van der Waals surface area (Å²) in [6.07, 6.45) is 0. The van der Waals surface area contributed by atoms with Crippen LogP contribution in [0.4, 0.5) is 0 Å². The van der Waals surface area contributed by atoms with Gasteiger partial charge in [0.25, 0.3) is 0 Å². The highest BCUT2D eigenvalue weighted by atomic mass is 32.2. The predicted octanol–water partition coefficient (Wildman–Crippen LogP) is 1.82. The van der Waals surface area contributed by atoms with Crippen LogP contribution in [-0.2, 0) is 16.4 Å². The van der Waals surface area contributed by atoms with E-state index in [4.69, 9.17) is 0 Å². The molecule has 0 radical (unpaired) electrons. The van der Waals surface area contributed by atoms with Crippen molar-refractivity contribution < 1.29 is 13.5 Å². The summed E-state index contributed by atoms with van der Waals surface area (Å²) in [5, 5.41) is 17.6. The fourth-order valence-corrected chi connectivity index (χ4v) is 4.13. The van der Waals surface area contributed by atoms with Gasteiger partial charge in [-0.25, -0.2) is 8.42 Å². The molecule has 120 valence electrons. The molecule has 1 N–H and O–H groups in total. The summed E-state index contributed by atoms with van der Waals surface area (Å²) in [4.78, 5) is 0. The second kappa shape index (κ2) is 5.81. The van der Waals surface area contributed by atoms with Crippen LogP contribution in [0.15, 0.2) is 29.4 Å². The van der Waals surface area contributed by atoms with Gasteiger partial charge in [-0.1, -0.05) is 24.3 Å². The smallest absolute Gasteiger partial charge is 0.250 e. The SMILES string of the molecule is CCn1c(-c2ccccc2C)nnc1S(=O)(=O)CC(C)(C)O. The average molecular weight is 323 g/mol. The lowest BCUT2D eigenvalue weighted by molar-refractivity contribution is 0.105. The van der Waals surface area contributed by atoms with E-state index in [1.807, 2.05) is 38.1 Å². The van der Waals surface area contributed by atoms with Crippen LogP contribution < -0.4 is 0 Å². The van der Waals surface area contributed by atoms with Crippen LogP contribution in [0.2, 0.25) is 0 Å². The molecule has 6 nitrogen and oxygen atoms in total. The minimum atomic E-state index is -3.72. The second-order valence-electron chi connectivity index (χ2n) is 5.94. The number of hydrogen-bond donors (Lipinski definition) is 1. The van der Waals surface area contributed by atoms with Crippen LogP contribution >= 0.6 is 0 Å². The normalized spacial score (nSPS) is 12.6. The Morgan fingerprint density at radius 2 is 1.86 bits per heavy atom. The van der Waals surface area contributed by atoms with Crippen LogP contribution in [0, 0.1) is 6.92 Å². The Morgan fingerprint density at radius 1 is 1.23 bits per heavy atom. The van der Waals surface area contributed by atoms with Gasteiger partial charge in [0.15, 0.2) is 5.82 Å². The number of benzene rings is 1. The Morgan fingerprint density at radius 3 is 2.41 bits per heavy atom. The maximum Gasteiger partial charge on any atom is 0.250 e. The number of sulfone groups is 1. The van der Waals surface area contributed by atoms with Gasteiger partial charge in [0, 0.05) is 12.1 Å². The molecule has 0 atom stereocenters. The van der Waals surface area contributed by atoms with Crippen molar-refractivity contribution in [3.05, 3.63) is 29.8 Å². The molecule has 0 fully saturated rings. The highest BCUT2D eigenvalue weighted by Gasteiger charge is 2.30. The lowest BCUT2D eigenvalue weighted by Gasteiger charge is -2.17. The number of aryl methyl sites for hydroxylation is 1. The molecule has 0 unspecified atom stereocenters. The molecule has 0 spiro atoms. The molecular formula is C15H21N3O3S. The maximum atomic E-state index is 12.5. The Bertz CT molecular complexity index is 774. The lowest BCUT2D eigenvalue weighted by atomic mass is 10.1. The molecule has 0 aliphatic heterocycles. The highest BCUT2D eigenvalue weighted by Crippen LogP contribution is 2.25. The molecule has 1 heterocycles. The fraction of sp³-hybridized carbons (Fsp3) is 0.467.